The van der Waals surface area contributed by atoms with Gasteiger partial charge in [-0.3, -0.25) is 15.1 Å². The molecule has 8 nitrogen and oxygen atoms in total. The monoisotopic (exact) mass is 492 g/mol. The standard InChI is InChI=1S/C27H24N8S/c1-3-4-5-16(2)30-19-12-18(13-28-14-19)20-6-7-22-25(31-20)26(35-34-22)27-32-21-8-10-29-23(24(21)33-27)17-9-11-36-15-17/h6-15,30H,2-5H2,1H3,(H,32,33)(H,34,35). The molecule has 9 heteroatoms. The van der Waals surface area contributed by atoms with Gasteiger partial charge in [0.25, 0.3) is 0 Å². The van der Waals surface area contributed by atoms with Gasteiger partial charge < -0.3 is 10.3 Å². The predicted octanol–water partition coefficient (Wildman–Crippen LogP) is 6.80. The Labute approximate surface area is 211 Å². The summed E-state index contributed by atoms with van der Waals surface area (Å²) in [5.74, 6) is 0.645. The maximum atomic E-state index is 4.94. The van der Waals surface area contributed by atoms with Crippen molar-refractivity contribution in [2.75, 3.05) is 5.32 Å². The molecule has 178 valence electrons. The first-order valence-electron chi connectivity index (χ1n) is 11.8. The molecule has 0 fully saturated rings. The van der Waals surface area contributed by atoms with Crippen LogP contribution in [0.1, 0.15) is 26.2 Å². The normalized spacial score (nSPS) is 11.4. The minimum atomic E-state index is 0.645. The lowest BCUT2D eigenvalue weighted by Crippen LogP contribution is -1.99. The van der Waals surface area contributed by atoms with Gasteiger partial charge >= 0.3 is 0 Å². The van der Waals surface area contributed by atoms with Crippen LogP contribution in [0, 0.1) is 0 Å². The van der Waals surface area contributed by atoms with Crippen molar-refractivity contribution in [3.05, 3.63) is 72.0 Å². The van der Waals surface area contributed by atoms with Crippen LogP contribution in [0.25, 0.3) is 56.1 Å². The molecule has 0 aromatic carbocycles. The van der Waals surface area contributed by atoms with E-state index < -0.39 is 0 Å². The second-order valence-electron chi connectivity index (χ2n) is 8.61. The summed E-state index contributed by atoms with van der Waals surface area (Å²) in [6.45, 7) is 6.30. The summed E-state index contributed by atoms with van der Waals surface area (Å²) < 4.78 is 0. The maximum absolute atomic E-state index is 4.94. The molecule has 6 heterocycles. The summed E-state index contributed by atoms with van der Waals surface area (Å²) in [4.78, 5) is 22.2. The second-order valence-corrected chi connectivity index (χ2v) is 9.39. The molecule has 36 heavy (non-hydrogen) atoms. The number of fused-ring (bicyclic) bond motifs is 2. The molecule has 0 saturated carbocycles. The van der Waals surface area contributed by atoms with E-state index >= 15 is 0 Å². The number of anilines is 1. The molecule has 6 aromatic heterocycles. The zero-order valence-corrected chi connectivity index (χ0v) is 20.6. The van der Waals surface area contributed by atoms with E-state index in [4.69, 9.17) is 9.97 Å². The Morgan fingerprint density at radius 1 is 1.03 bits per heavy atom. The van der Waals surface area contributed by atoms with Crippen LogP contribution in [-0.4, -0.2) is 35.1 Å². The summed E-state index contributed by atoms with van der Waals surface area (Å²) in [7, 11) is 0. The Balaban J connectivity index is 1.37. The first kappa shape index (κ1) is 22.1. The topological polar surface area (TPSA) is 108 Å². The van der Waals surface area contributed by atoms with Gasteiger partial charge in [0.1, 0.15) is 11.0 Å². The zero-order chi connectivity index (χ0) is 24.5. The van der Waals surface area contributed by atoms with E-state index in [1.54, 1.807) is 23.7 Å². The summed E-state index contributed by atoms with van der Waals surface area (Å²) in [6.07, 6.45) is 8.58. The average Bonchev–Trinajstić information content (AvgIpc) is 3.66. The smallest absolute Gasteiger partial charge is 0.161 e. The highest BCUT2D eigenvalue weighted by Crippen LogP contribution is 2.31. The van der Waals surface area contributed by atoms with Crippen LogP contribution in [0.4, 0.5) is 5.69 Å². The number of allylic oxidation sites excluding steroid dienone is 1. The molecule has 0 radical (unpaired) electrons. The number of pyridine rings is 3. The Morgan fingerprint density at radius 2 is 1.94 bits per heavy atom. The van der Waals surface area contributed by atoms with Gasteiger partial charge in [-0.15, -0.1) is 0 Å². The molecule has 0 aliphatic carbocycles. The van der Waals surface area contributed by atoms with Crippen molar-refractivity contribution >= 4 is 39.1 Å². The van der Waals surface area contributed by atoms with E-state index in [1.807, 2.05) is 35.8 Å². The lowest BCUT2D eigenvalue weighted by Gasteiger charge is -2.10. The van der Waals surface area contributed by atoms with Crippen LogP contribution >= 0.6 is 11.3 Å². The van der Waals surface area contributed by atoms with E-state index in [9.17, 15) is 0 Å². The molecular weight excluding hydrogens is 468 g/mol. The lowest BCUT2D eigenvalue weighted by molar-refractivity contribution is 0.791. The third-order valence-corrected chi connectivity index (χ3v) is 6.70. The van der Waals surface area contributed by atoms with Gasteiger partial charge in [-0.05, 0) is 48.6 Å². The van der Waals surface area contributed by atoms with Crippen LogP contribution < -0.4 is 5.32 Å². The van der Waals surface area contributed by atoms with Crippen molar-refractivity contribution in [3.8, 4) is 34.0 Å². The van der Waals surface area contributed by atoms with Crippen molar-refractivity contribution in [1.82, 2.24) is 35.1 Å². The van der Waals surface area contributed by atoms with Crippen LogP contribution in [0.5, 0.6) is 0 Å². The van der Waals surface area contributed by atoms with Crippen molar-refractivity contribution in [1.29, 1.82) is 0 Å². The van der Waals surface area contributed by atoms with Gasteiger partial charge in [0.15, 0.2) is 11.5 Å². The Morgan fingerprint density at radius 3 is 2.81 bits per heavy atom. The summed E-state index contributed by atoms with van der Waals surface area (Å²) >= 11 is 1.64. The highest BCUT2D eigenvalue weighted by Gasteiger charge is 2.17. The van der Waals surface area contributed by atoms with Gasteiger partial charge in [0, 0.05) is 34.6 Å². The van der Waals surface area contributed by atoms with Crippen LogP contribution in [0.3, 0.4) is 0 Å². The van der Waals surface area contributed by atoms with E-state index in [0.29, 0.717) is 11.5 Å². The lowest BCUT2D eigenvalue weighted by atomic mass is 10.1. The highest BCUT2D eigenvalue weighted by molar-refractivity contribution is 7.08. The van der Waals surface area contributed by atoms with Crippen molar-refractivity contribution in [3.63, 3.8) is 0 Å². The number of hydrogen-bond acceptors (Lipinski definition) is 7. The number of unbranched alkanes of at least 4 members (excludes halogenated alkanes) is 1. The fourth-order valence-electron chi connectivity index (χ4n) is 4.19. The quantitative estimate of drug-likeness (QED) is 0.216. The number of thiophene rings is 1. The number of imidazole rings is 1. The Hall–Kier alpha value is -4.37. The third kappa shape index (κ3) is 4.14. The van der Waals surface area contributed by atoms with Gasteiger partial charge in [0.2, 0.25) is 0 Å². The Bertz CT molecular complexity index is 1680. The molecule has 0 atom stereocenters. The minimum absolute atomic E-state index is 0.645. The van der Waals surface area contributed by atoms with Crippen molar-refractivity contribution < 1.29 is 0 Å². The van der Waals surface area contributed by atoms with Gasteiger partial charge in [-0.25, -0.2) is 9.97 Å². The number of nitrogens with zero attached hydrogens (tertiary/aromatic N) is 5. The second kappa shape index (κ2) is 9.35. The molecule has 0 bridgehead atoms. The van der Waals surface area contributed by atoms with E-state index in [0.717, 1.165) is 75.2 Å². The van der Waals surface area contributed by atoms with Gasteiger partial charge in [-0.2, -0.15) is 16.4 Å². The van der Waals surface area contributed by atoms with Gasteiger partial charge in [-0.1, -0.05) is 19.9 Å². The molecule has 0 aliphatic rings. The molecule has 0 aliphatic heterocycles. The van der Waals surface area contributed by atoms with Crippen LogP contribution in [0.15, 0.2) is 72.0 Å². The van der Waals surface area contributed by atoms with Crippen LogP contribution in [0.2, 0.25) is 0 Å². The molecule has 0 saturated heterocycles. The summed E-state index contributed by atoms with van der Waals surface area (Å²) in [6, 6.07) is 9.96. The third-order valence-electron chi connectivity index (χ3n) is 6.01. The number of H-pyrrole nitrogens is 2. The molecule has 0 amide bonds. The SMILES string of the molecule is C=C(CCCC)Nc1cncc(-c2ccc3[nH]nc(-c4nc5c(-c6ccsc6)nccc5[nH]4)c3n2)c1. The molecule has 6 aromatic rings. The first-order valence-corrected chi connectivity index (χ1v) is 12.8. The fraction of sp³-hybridized carbons (Fsp3) is 0.148. The van der Waals surface area contributed by atoms with Crippen molar-refractivity contribution in [2.24, 2.45) is 0 Å². The largest absolute Gasteiger partial charge is 0.358 e. The van der Waals surface area contributed by atoms with E-state index in [2.05, 4.69) is 55.4 Å². The minimum Gasteiger partial charge on any atom is -0.358 e. The predicted molar refractivity (Wildman–Crippen MR) is 146 cm³/mol. The number of aromatic nitrogens is 7. The molecule has 6 rings (SSSR count). The average molecular weight is 493 g/mol. The Kier molecular flexibility index (Phi) is 5.74. The molecule has 3 N–H and O–H groups in total. The van der Waals surface area contributed by atoms with Crippen molar-refractivity contribution in [2.45, 2.75) is 26.2 Å². The maximum Gasteiger partial charge on any atom is 0.161 e. The van der Waals surface area contributed by atoms with E-state index in [1.165, 1.54) is 0 Å². The van der Waals surface area contributed by atoms with E-state index in [-0.39, 0.29) is 0 Å². The van der Waals surface area contributed by atoms with Gasteiger partial charge in [0.05, 0.1) is 34.3 Å². The number of rotatable bonds is 8. The fourth-order valence-corrected chi connectivity index (χ4v) is 4.83. The summed E-state index contributed by atoms with van der Waals surface area (Å²) in [5, 5.41) is 15.1. The molecular formula is C27H24N8S. The first-order chi connectivity index (χ1) is 17.7. The van der Waals surface area contributed by atoms with Crippen LogP contribution in [-0.2, 0) is 0 Å². The zero-order valence-electron chi connectivity index (χ0n) is 19.7. The molecule has 0 spiro atoms. The number of hydrogen-bond donors (Lipinski definition) is 3. The number of aromatic amines is 2. The number of nitrogens with one attached hydrogen (secondary N) is 3. The highest BCUT2D eigenvalue weighted by atomic mass is 32.1. The summed E-state index contributed by atoms with van der Waals surface area (Å²) in [5.41, 5.74) is 9.44. The molecule has 0 unspecified atom stereocenters.